The van der Waals surface area contributed by atoms with E-state index in [1.54, 1.807) is 19.2 Å². The first-order valence-corrected chi connectivity index (χ1v) is 8.82. The number of hydrogen-bond acceptors (Lipinski definition) is 3. The lowest BCUT2D eigenvalue weighted by Crippen LogP contribution is -2.39. The van der Waals surface area contributed by atoms with Crippen molar-refractivity contribution in [3.8, 4) is 0 Å². The second-order valence-corrected chi connectivity index (χ2v) is 6.73. The van der Waals surface area contributed by atoms with Gasteiger partial charge in [-0.2, -0.15) is 0 Å². The summed E-state index contributed by atoms with van der Waals surface area (Å²) in [5.41, 5.74) is 0.999. The van der Waals surface area contributed by atoms with Gasteiger partial charge in [0.05, 0.1) is 12.6 Å². The van der Waals surface area contributed by atoms with Gasteiger partial charge in [0.15, 0.2) is 0 Å². The van der Waals surface area contributed by atoms with Crippen molar-refractivity contribution in [3.05, 3.63) is 35.6 Å². The molecule has 134 valence electrons. The maximum absolute atomic E-state index is 13.2. The average molecular weight is 336 g/mol. The Morgan fingerprint density at radius 2 is 2.00 bits per heavy atom. The molecule has 1 unspecified atom stereocenters. The highest BCUT2D eigenvalue weighted by Gasteiger charge is 2.27. The highest BCUT2D eigenvalue weighted by molar-refractivity contribution is 5.78. The van der Waals surface area contributed by atoms with E-state index in [1.807, 2.05) is 11.9 Å². The molecule has 1 atom stereocenters. The van der Waals surface area contributed by atoms with Crippen LogP contribution in [0, 0.1) is 11.7 Å². The van der Waals surface area contributed by atoms with E-state index < -0.39 is 0 Å². The minimum Gasteiger partial charge on any atom is -0.385 e. The Kier molecular flexibility index (Phi) is 7.66. The molecule has 2 rings (SSSR count). The van der Waals surface area contributed by atoms with Crippen molar-refractivity contribution in [2.45, 2.75) is 38.1 Å². The summed E-state index contributed by atoms with van der Waals surface area (Å²) in [6.45, 7) is 1.90. The fourth-order valence-corrected chi connectivity index (χ4v) is 3.46. The number of amides is 1. The van der Waals surface area contributed by atoms with Crippen molar-refractivity contribution in [2.75, 3.05) is 33.9 Å². The molecule has 1 amide bonds. The molecule has 0 aliphatic heterocycles. The number of ether oxygens (including phenoxy) is 1. The van der Waals surface area contributed by atoms with Gasteiger partial charge in [0, 0.05) is 20.3 Å². The Balaban J connectivity index is 1.94. The Morgan fingerprint density at radius 3 is 2.62 bits per heavy atom. The van der Waals surface area contributed by atoms with Gasteiger partial charge in [-0.3, -0.25) is 9.69 Å². The van der Waals surface area contributed by atoms with Crippen LogP contribution in [0.15, 0.2) is 24.3 Å². The second kappa shape index (κ2) is 9.74. The van der Waals surface area contributed by atoms with Gasteiger partial charge in [-0.25, -0.2) is 4.39 Å². The van der Waals surface area contributed by atoms with Crippen molar-refractivity contribution >= 4 is 5.91 Å². The largest absolute Gasteiger partial charge is 0.385 e. The molecule has 4 nitrogen and oxygen atoms in total. The Labute approximate surface area is 144 Å². The highest BCUT2D eigenvalue weighted by atomic mass is 19.1. The molecule has 1 aromatic carbocycles. The minimum absolute atomic E-state index is 0.0204. The predicted molar refractivity (Wildman–Crippen MR) is 93.2 cm³/mol. The zero-order valence-electron chi connectivity index (χ0n) is 14.8. The van der Waals surface area contributed by atoms with E-state index in [1.165, 1.54) is 25.0 Å². The minimum atomic E-state index is -0.242. The van der Waals surface area contributed by atoms with Crippen LogP contribution in [0.4, 0.5) is 4.39 Å². The number of carbonyl (C=O) groups excluding carboxylic acids is 1. The van der Waals surface area contributed by atoms with Crippen LogP contribution in [0.25, 0.3) is 0 Å². The summed E-state index contributed by atoms with van der Waals surface area (Å²) in [5, 5.41) is 3.18. The van der Waals surface area contributed by atoms with Crippen LogP contribution >= 0.6 is 0 Å². The third-order valence-electron chi connectivity index (χ3n) is 4.72. The number of rotatable bonds is 9. The van der Waals surface area contributed by atoms with Crippen molar-refractivity contribution in [3.63, 3.8) is 0 Å². The number of benzene rings is 1. The van der Waals surface area contributed by atoms with Crippen LogP contribution in [-0.4, -0.2) is 44.7 Å². The van der Waals surface area contributed by atoms with E-state index in [0.717, 1.165) is 31.4 Å². The van der Waals surface area contributed by atoms with Gasteiger partial charge in [-0.05, 0) is 49.9 Å². The number of methoxy groups -OCH3 is 1. The molecular formula is C19H29FN2O2. The lowest BCUT2D eigenvalue weighted by Gasteiger charge is -2.26. The summed E-state index contributed by atoms with van der Waals surface area (Å²) in [5.74, 6) is 0.225. The van der Waals surface area contributed by atoms with Gasteiger partial charge < -0.3 is 10.1 Å². The predicted octanol–water partition coefficient (Wildman–Crippen LogP) is 3.14. The quantitative estimate of drug-likeness (QED) is 0.705. The molecule has 0 spiro atoms. The second-order valence-electron chi connectivity index (χ2n) is 6.73. The number of hydrogen-bond donors (Lipinski definition) is 1. The monoisotopic (exact) mass is 336 g/mol. The molecule has 0 bridgehead atoms. The zero-order valence-corrected chi connectivity index (χ0v) is 14.8. The number of nitrogens with one attached hydrogen (secondary N) is 1. The molecule has 1 aliphatic carbocycles. The molecule has 1 aromatic rings. The third-order valence-corrected chi connectivity index (χ3v) is 4.72. The molecule has 5 heteroatoms. The third kappa shape index (κ3) is 5.87. The summed E-state index contributed by atoms with van der Waals surface area (Å²) >= 11 is 0. The summed E-state index contributed by atoms with van der Waals surface area (Å²) in [6.07, 6.45) is 5.55. The molecule has 0 heterocycles. The SMILES string of the molecule is COCCCN(C)CC(=O)NC(c1ccc(F)cc1)C1CCCC1. The van der Waals surface area contributed by atoms with Crippen LogP contribution < -0.4 is 5.32 Å². The van der Waals surface area contributed by atoms with Gasteiger partial charge in [0.1, 0.15) is 5.82 Å². The molecule has 0 saturated heterocycles. The average Bonchev–Trinajstić information content (AvgIpc) is 3.08. The lowest BCUT2D eigenvalue weighted by molar-refractivity contribution is -0.123. The number of halogens is 1. The van der Waals surface area contributed by atoms with E-state index in [0.29, 0.717) is 19.1 Å². The molecule has 1 fully saturated rings. The van der Waals surface area contributed by atoms with E-state index in [4.69, 9.17) is 4.74 Å². The molecule has 1 aliphatic rings. The van der Waals surface area contributed by atoms with Gasteiger partial charge in [0.2, 0.25) is 5.91 Å². The number of likely N-dealkylation sites (N-methyl/N-ethyl adjacent to an activating group) is 1. The topological polar surface area (TPSA) is 41.6 Å². The molecule has 1 N–H and O–H groups in total. The smallest absolute Gasteiger partial charge is 0.234 e. The van der Waals surface area contributed by atoms with E-state index >= 15 is 0 Å². The first kappa shape index (κ1) is 18.9. The van der Waals surface area contributed by atoms with Crippen molar-refractivity contribution < 1.29 is 13.9 Å². The summed E-state index contributed by atoms with van der Waals surface area (Å²) in [7, 11) is 3.62. The molecular weight excluding hydrogens is 307 g/mol. The van der Waals surface area contributed by atoms with Crippen molar-refractivity contribution in [1.29, 1.82) is 0 Å². The van der Waals surface area contributed by atoms with Gasteiger partial charge in [0.25, 0.3) is 0 Å². The number of carbonyl (C=O) groups is 1. The fraction of sp³-hybridized carbons (Fsp3) is 0.632. The van der Waals surface area contributed by atoms with Crippen LogP contribution in [0.2, 0.25) is 0 Å². The van der Waals surface area contributed by atoms with Gasteiger partial charge in [-0.15, -0.1) is 0 Å². The Morgan fingerprint density at radius 1 is 1.33 bits per heavy atom. The summed E-state index contributed by atoms with van der Waals surface area (Å²) < 4.78 is 18.2. The Bertz CT molecular complexity index is 501. The van der Waals surface area contributed by atoms with Crippen molar-refractivity contribution in [1.82, 2.24) is 10.2 Å². The highest BCUT2D eigenvalue weighted by Crippen LogP contribution is 2.35. The zero-order chi connectivity index (χ0) is 17.4. The molecule has 1 saturated carbocycles. The van der Waals surface area contributed by atoms with Gasteiger partial charge >= 0.3 is 0 Å². The summed E-state index contributed by atoms with van der Waals surface area (Å²) in [4.78, 5) is 14.4. The van der Waals surface area contributed by atoms with E-state index in [9.17, 15) is 9.18 Å². The molecule has 24 heavy (non-hydrogen) atoms. The van der Waals surface area contributed by atoms with Gasteiger partial charge in [-0.1, -0.05) is 25.0 Å². The summed E-state index contributed by atoms with van der Waals surface area (Å²) in [6, 6.07) is 6.51. The van der Waals surface area contributed by atoms with Crippen LogP contribution in [0.5, 0.6) is 0 Å². The van der Waals surface area contributed by atoms with E-state index in [-0.39, 0.29) is 17.8 Å². The van der Waals surface area contributed by atoms with Crippen molar-refractivity contribution in [2.24, 2.45) is 5.92 Å². The fourth-order valence-electron chi connectivity index (χ4n) is 3.46. The normalized spacial score (nSPS) is 16.5. The maximum atomic E-state index is 13.2. The first-order valence-electron chi connectivity index (χ1n) is 8.82. The lowest BCUT2D eigenvalue weighted by atomic mass is 9.91. The standard InChI is InChI=1S/C19H29FN2O2/c1-22(12-5-13-24-2)14-18(23)21-19(15-6-3-4-7-15)16-8-10-17(20)11-9-16/h8-11,15,19H,3-7,12-14H2,1-2H3,(H,21,23). The van der Waals surface area contributed by atoms with E-state index in [2.05, 4.69) is 5.32 Å². The molecule has 0 radical (unpaired) electrons. The van der Waals surface area contributed by atoms with Crippen LogP contribution in [0.1, 0.15) is 43.7 Å². The van der Waals surface area contributed by atoms with Crippen LogP contribution in [0.3, 0.4) is 0 Å². The molecule has 0 aromatic heterocycles. The van der Waals surface area contributed by atoms with Crippen LogP contribution in [-0.2, 0) is 9.53 Å². The first-order chi connectivity index (χ1) is 11.6. The Hall–Kier alpha value is -1.46. The maximum Gasteiger partial charge on any atom is 0.234 e. The number of nitrogens with zero attached hydrogens (tertiary/aromatic N) is 1.